The second-order valence-corrected chi connectivity index (χ2v) is 5.12. The van der Waals surface area contributed by atoms with E-state index in [1.807, 2.05) is 6.92 Å². The van der Waals surface area contributed by atoms with E-state index < -0.39 is 0 Å². The molecule has 0 saturated heterocycles. The molecule has 0 aliphatic rings. The van der Waals surface area contributed by atoms with E-state index in [2.05, 4.69) is 47.1 Å². The molecule has 0 atom stereocenters. The molecular weight excluding hydrogens is 242 g/mol. The van der Waals surface area contributed by atoms with Gasteiger partial charge >= 0.3 is 0 Å². The Hall–Kier alpha value is -1.16. The van der Waals surface area contributed by atoms with E-state index in [0.29, 0.717) is 6.61 Å². The topological polar surface area (TPSA) is 21.3 Å². The molecule has 3 heteroatoms. The fourth-order valence-electron chi connectivity index (χ4n) is 1.82. The van der Waals surface area contributed by atoms with Gasteiger partial charge in [-0.15, -0.1) is 11.3 Å². The molecule has 18 heavy (non-hydrogen) atoms. The van der Waals surface area contributed by atoms with Crippen molar-refractivity contribution >= 4 is 11.3 Å². The molecule has 1 aromatic carbocycles. The van der Waals surface area contributed by atoms with Crippen LogP contribution in [0.4, 0.5) is 0 Å². The predicted octanol–water partition coefficient (Wildman–Crippen LogP) is 3.57. The highest BCUT2D eigenvalue weighted by Gasteiger charge is 2.01. The van der Waals surface area contributed by atoms with Crippen LogP contribution in [0.5, 0.6) is 0 Å². The van der Waals surface area contributed by atoms with Gasteiger partial charge in [0.15, 0.2) is 0 Å². The molecule has 1 heterocycles. The molecule has 0 saturated carbocycles. The van der Waals surface area contributed by atoms with Crippen LogP contribution in [0.2, 0.25) is 0 Å². The molecule has 1 N–H and O–H groups in total. The summed E-state index contributed by atoms with van der Waals surface area (Å²) in [7, 11) is 0. The summed E-state index contributed by atoms with van der Waals surface area (Å²) in [6.07, 6.45) is 0. The summed E-state index contributed by atoms with van der Waals surface area (Å²) >= 11 is 1.79. The number of rotatable bonds is 7. The van der Waals surface area contributed by atoms with Crippen molar-refractivity contribution in [2.24, 2.45) is 0 Å². The van der Waals surface area contributed by atoms with Crippen LogP contribution in [0.15, 0.2) is 41.8 Å². The largest absolute Gasteiger partial charge is 0.377 e. The fourth-order valence-corrected chi connectivity index (χ4v) is 2.49. The van der Waals surface area contributed by atoms with Crippen LogP contribution in [0.25, 0.3) is 0 Å². The first-order chi connectivity index (χ1) is 8.90. The Morgan fingerprint density at radius 1 is 1.06 bits per heavy atom. The van der Waals surface area contributed by atoms with Crippen molar-refractivity contribution in [1.29, 1.82) is 0 Å². The lowest BCUT2D eigenvalue weighted by Gasteiger charge is -2.10. The lowest BCUT2D eigenvalue weighted by Crippen LogP contribution is -2.13. The number of nitrogens with one attached hydrogen (secondary N) is 1. The van der Waals surface area contributed by atoms with Gasteiger partial charge in [0.05, 0.1) is 6.61 Å². The molecule has 0 radical (unpaired) electrons. The summed E-state index contributed by atoms with van der Waals surface area (Å²) in [6.45, 7) is 5.31. The van der Waals surface area contributed by atoms with E-state index in [0.717, 1.165) is 19.7 Å². The Bertz CT molecular complexity index is 453. The number of thiophene rings is 1. The zero-order valence-electron chi connectivity index (χ0n) is 10.7. The van der Waals surface area contributed by atoms with E-state index >= 15 is 0 Å². The van der Waals surface area contributed by atoms with Crippen LogP contribution >= 0.6 is 11.3 Å². The Labute approximate surface area is 113 Å². The average molecular weight is 261 g/mol. The van der Waals surface area contributed by atoms with Gasteiger partial charge in [0.25, 0.3) is 0 Å². The first kappa shape index (κ1) is 13.3. The standard InChI is InChI=1S/C15H19NOS/c1-2-17-12-14-7-4-3-6-13(14)10-16-11-15-8-5-9-18-15/h3-9,16H,2,10-12H2,1H3. The molecule has 2 aromatic rings. The number of ether oxygens (including phenoxy) is 1. The first-order valence-corrected chi connectivity index (χ1v) is 7.15. The van der Waals surface area contributed by atoms with E-state index in [4.69, 9.17) is 4.74 Å². The van der Waals surface area contributed by atoms with Gasteiger partial charge in [0, 0.05) is 24.6 Å². The second-order valence-electron chi connectivity index (χ2n) is 4.09. The minimum Gasteiger partial charge on any atom is -0.377 e. The maximum atomic E-state index is 5.49. The van der Waals surface area contributed by atoms with Crippen LogP contribution in [0.3, 0.4) is 0 Å². The van der Waals surface area contributed by atoms with Crippen LogP contribution < -0.4 is 5.32 Å². The molecule has 2 rings (SSSR count). The summed E-state index contributed by atoms with van der Waals surface area (Å²) in [4.78, 5) is 1.37. The predicted molar refractivity (Wildman–Crippen MR) is 76.6 cm³/mol. The average Bonchev–Trinajstić information content (AvgIpc) is 2.91. The minimum atomic E-state index is 0.702. The number of hydrogen-bond acceptors (Lipinski definition) is 3. The van der Waals surface area contributed by atoms with Crippen molar-refractivity contribution in [3.8, 4) is 0 Å². The lowest BCUT2D eigenvalue weighted by molar-refractivity contribution is 0.133. The zero-order chi connectivity index (χ0) is 12.6. The highest BCUT2D eigenvalue weighted by atomic mass is 32.1. The van der Waals surface area contributed by atoms with E-state index in [9.17, 15) is 0 Å². The normalized spacial score (nSPS) is 10.7. The van der Waals surface area contributed by atoms with Gasteiger partial charge in [-0.2, -0.15) is 0 Å². The molecule has 1 aromatic heterocycles. The van der Waals surface area contributed by atoms with Crippen LogP contribution in [-0.2, 0) is 24.4 Å². The lowest BCUT2D eigenvalue weighted by atomic mass is 10.1. The highest BCUT2D eigenvalue weighted by molar-refractivity contribution is 7.09. The summed E-state index contributed by atoms with van der Waals surface area (Å²) in [5, 5.41) is 5.59. The Balaban J connectivity index is 1.87. The Morgan fingerprint density at radius 3 is 2.61 bits per heavy atom. The number of hydrogen-bond donors (Lipinski definition) is 1. The van der Waals surface area contributed by atoms with Gasteiger partial charge in [-0.25, -0.2) is 0 Å². The van der Waals surface area contributed by atoms with Gasteiger partial charge in [0.2, 0.25) is 0 Å². The molecule has 0 aliphatic heterocycles. The van der Waals surface area contributed by atoms with Gasteiger partial charge in [-0.1, -0.05) is 30.3 Å². The van der Waals surface area contributed by atoms with Crippen LogP contribution in [0.1, 0.15) is 22.9 Å². The van der Waals surface area contributed by atoms with E-state index in [-0.39, 0.29) is 0 Å². The van der Waals surface area contributed by atoms with Crippen molar-refractivity contribution in [3.05, 3.63) is 57.8 Å². The summed E-state index contributed by atoms with van der Waals surface area (Å²) in [5.74, 6) is 0. The molecule has 0 unspecified atom stereocenters. The summed E-state index contributed by atoms with van der Waals surface area (Å²) in [5.41, 5.74) is 2.60. The third kappa shape index (κ3) is 3.95. The fraction of sp³-hybridized carbons (Fsp3) is 0.333. The maximum Gasteiger partial charge on any atom is 0.0719 e. The van der Waals surface area contributed by atoms with Crippen molar-refractivity contribution in [1.82, 2.24) is 5.32 Å². The quantitative estimate of drug-likeness (QED) is 0.822. The van der Waals surface area contributed by atoms with Crippen molar-refractivity contribution in [3.63, 3.8) is 0 Å². The molecule has 96 valence electrons. The van der Waals surface area contributed by atoms with Gasteiger partial charge < -0.3 is 10.1 Å². The van der Waals surface area contributed by atoms with E-state index in [1.54, 1.807) is 11.3 Å². The van der Waals surface area contributed by atoms with Crippen LogP contribution in [0, 0.1) is 0 Å². The third-order valence-electron chi connectivity index (χ3n) is 2.77. The highest BCUT2D eigenvalue weighted by Crippen LogP contribution is 2.11. The van der Waals surface area contributed by atoms with Crippen molar-refractivity contribution in [2.75, 3.05) is 6.61 Å². The molecule has 0 spiro atoms. The van der Waals surface area contributed by atoms with Crippen molar-refractivity contribution in [2.45, 2.75) is 26.6 Å². The minimum absolute atomic E-state index is 0.702. The molecule has 0 fully saturated rings. The van der Waals surface area contributed by atoms with Gasteiger partial charge in [-0.05, 0) is 29.5 Å². The van der Waals surface area contributed by atoms with Crippen LogP contribution in [-0.4, -0.2) is 6.61 Å². The smallest absolute Gasteiger partial charge is 0.0719 e. The van der Waals surface area contributed by atoms with Gasteiger partial charge in [0.1, 0.15) is 0 Å². The number of benzene rings is 1. The molecule has 0 aliphatic carbocycles. The van der Waals surface area contributed by atoms with Gasteiger partial charge in [-0.3, -0.25) is 0 Å². The molecule has 0 amide bonds. The Kier molecular flexibility index (Phi) is 5.39. The monoisotopic (exact) mass is 261 g/mol. The second kappa shape index (κ2) is 7.31. The molecular formula is C15H19NOS. The Morgan fingerprint density at radius 2 is 1.89 bits per heavy atom. The van der Waals surface area contributed by atoms with E-state index in [1.165, 1.54) is 16.0 Å². The van der Waals surface area contributed by atoms with Crippen molar-refractivity contribution < 1.29 is 4.74 Å². The maximum absolute atomic E-state index is 5.49. The third-order valence-corrected chi connectivity index (χ3v) is 3.65. The summed E-state index contributed by atoms with van der Waals surface area (Å²) < 4.78 is 5.49. The SMILES string of the molecule is CCOCc1ccccc1CNCc1cccs1. The molecule has 2 nitrogen and oxygen atoms in total. The zero-order valence-corrected chi connectivity index (χ0v) is 11.5. The molecule has 0 bridgehead atoms. The first-order valence-electron chi connectivity index (χ1n) is 6.27. The summed E-state index contributed by atoms with van der Waals surface area (Å²) in [6, 6.07) is 12.7.